The van der Waals surface area contributed by atoms with E-state index in [0.29, 0.717) is 16.8 Å². The number of aryl methyl sites for hydroxylation is 1. The van der Waals surface area contributed by atoms with Gasteiger partial charge in [0.15, 0.2) is 5.75 Å². The summed E-state index contributed by atoms with van der Waals surface area (Å²) in [5.74, 6) is -1.52. The molecule has 0 aliphatic carbocycles. The van der Waals surface area contributed by atoms with E-state index in [4.69, 9.17) is 32.7 Å². The largest absolute Gasteiger partial charge is 1.00 e. The summed E-state index contributed by atoms with van der Waals surface area (Å²) in [7, 11) is -10.3. The van der Waals surface area contributed by atoms with Gasteiger partial charge in [-0.3, -0.25) is 14.1 Å². The van der Waals surface area contributed by atoms with E-state index < -0.39 is 70.4 Å². The fourth-order valence-corrected chi connectivity index (χ4v) is 6.21. The Morgan fingerprint density at radius 2 is 1.42 bits per heavy atom. The van der Waals surface area contributed by atoms with Crippen LogP contribution in [0.15, 0.2) is 110 Å². The maximum Gasteiger partial charge on any atom is 1.00 e. The summed E-state index contributed by atoms with van der Waals surface area (Å²) in [5.41, 5.74) is -0.543. The molecule has 0 heterocycles. The maximum absolute atomic E-state index is 13.9. The van der Waals surface area contributed by atoms with E-state index in [-0.39, 0.29) is 81.3 Å². The van der Waals surface area contributed by atoms with Gasteiger partial charge in [-0.1, -0.05) is 59.3 Å². The zero-order valence-corrected chi connectivity index (χ0v) is 33.5. The van der Waals surface area contributed by atoms with Crippen LogP contribution in [-0.4, -0.2) is 38.4 Å². The van der Waals surface area contributed by atoms with Gasteiger partial charge >= 0.3 is 59.1 Å². The van der Waals surface area contributed by atoms with Crippen LogP contribution in [0.5, 0.6) is 23.0 Å². The zero-order chi connectivity index (χ0) is 34.8. The Labute approximate surface area is 340 Å². The Kier molecular flexibility index (Phi) is 14.3. The van der Waals surface area contributed by atoms with Gasteiger partial charge in [0.1, 0.15) is 33.6 Å². The second-order valence-corrected chi connectivity index (χ2v) is 13.5. The van der Waals surface area contributed by atoms with Crippen molar-refractivity contribution in [3.05, 3.63) is 101 Å². The molecule has 0 aromatic heterocycles. The smallest absolute Gasteiger partial charge is 0.870 e. The molecule has 5 aromatic rings. The number of hydrogen-bond acceptors (Lipinski definition) is 11. The van der Waals surface area contributed by atoms with Crippen molar-refractivity contribution >= 4 is 77.2 Å². The number of para-hydroxylation sites is 2. The fourth-order valence-electron chi connectivity index (χ4n) is 4.43. The summed E-state index contributed by atoms with van der Waals surface area (Å²) in [5, 5.41) is 33.7. The summed E-state index contributed by atoms with van der Waals surface area (Å²) >= 11 is 11.9. The monoisotopic (exact) mass is 775 g/mol. The van der Waals surface area contributed by atoms with Crippen LogP contribution in [-0.2, 0) is 20.2 Å². The molecule has 5 rings (SSSR count). The van der Waals surface area contributed by atoms with Gasteiger partial charge in [0.2, 0.25) is 0 Å². The quantitative estimate of drug-likeness (QED) is 0.0667. The van der Waals surface area contributed by atoms with Gasteiger partial charge in [-0.2, -0.15) is 16.8 Å². The van der Waals surface area contributed by atoms with Crippen LogP contribution in [0.2, 0.25) is 10.0 Å². The second kappa shape index (κ2) is 17.2. The Bertz CT molecular complexity index is 2360. The number of rotatable bonds is 10. The van der Waals surface area contributed by atoms with Gasteiger partial charge in [0.25, 0.3) is 20.2 Å². The first-order chi connectivity index (χ1) is 22.6. The van der Waals surface area contributed by atoms with Crippen LogP contribution in [0.1, 0.15) is 5.56 Å². The summed E-state index contributed by atoms with van der Waals surface area (Å²) < 4.78 is 80.6. The van der Waals surface area contributed by atoms with Crippen molar-refractivity contribution in [2.75, 3.05) is 6.61 Å². The van der Waals surface area contributed by atoms with Crippen LogP contribution in [0.3, 0.4) is 0 Å². The van der Waals surface area contributed by atoms with Crippen molar-refractivity contribution in [2.45, 2.75) is 16.7 Å². The number of ether oxygens (including phenoxy) is 2. The number of benzene rings is 5. The van der Waals surface area contributed by atoms with Gasteiger partial charge in [-0.05, 0) is 67.1 Å². The van der Waals surface area contributed by atoms with Crippen molar-refractivity contribution in [1.29, 1.82) is 0 Å². The van der Waals surface area contributed by atoms with E-state index in [1.54, 1.807) is 30.3 Å². The molecule has 0 saturated heterocycles. The second-order valence-electron chi connectivity index (χ2n) is 9.91. The number of fused-ring (bicyclic) bond motifs is 1. The summed E-state index contributed by atoms with van der Waals surface area (Å²) in [6, 6.07) is 19.9. The Balaban J connectivity index is 0.00000338. The van der Waals surface area contributed by atoms with Crippen molar-refractivity contribution in [3.63, 3.8) is 0 Å². The molecule has 2 N–H and O–H groups in total. The fraction of sp³-hybridized carbons (Fsp3) is 0.0645. The summed E-state index contributed by atoms with van der Waals surface area (Å²) in [6.45, 7) is 1.12. The van der Waals surface area contributed by atoms with Crippen molar-refractivity contribution in [2.24, 2.45) is 15.2 Å². The standard InChI is InChI=1S/C31H23Cl2N3O10S2.2Na/c1-17-6-2-4-8-23(17)46-25-9-5-3-7-21(25)35-36-30-27(48(42,43)44)15-19-26(47(39,40)41)13-11-22(29(19)31(30)38)34-28(37)16-45-24-12-10-18(32)14-20(24)33;;/h2-15,38H,16H2,1H3,(H,34,37)(H,39,40,41)(H,42,43,44);;/q;2*+1/p-2. The van der Waals surface area contributed by atoms with Crippen LogP contribution in [0, 0.1) is 6.92 Å². The molecule has 0 radical (unpaired) electrons. The third-order valence-corrected chi connectivity index (χ3v) is 8.93. The molecule has 0 amide bonds. The normalized spacial score (nSPS) is 12.0. The predicted molar refractivity (Wildman–Crippen MR) is 174 cm³/mol. The number of azo groups is 1. The molecule has 248 valence electrons. The SMILES string of the molecule is Cc1ccccc1Oc1ccccc1N=Nc1c(S(=O)(=O)O)cc2c(S(=O)(=O)O)ccc(N=C([O-])COc3ccc(Cl)cc3Cl)c2c1[O-].[Na+].[Na+]. The van der Waals surface area contributed by atoms with E-state index in [9.17, 15) is 36.2 Å². The maximum atomic E-state index is 13.9. The van der Waals surface area contributed by atoms with Crippen molar-refractivity contribution < 1.29 is 105 Å². The number of nitrogens with zero attached hydrogens (tertiary/aromatic N) is 3. The van der Waals surface area contributed by atoms with Gasteiger partial charge in [-0.25, -0.2) is 0 Å². The average Bonchev–Trinajstić information content (AvgIpc) is 3.00. The molecule has 50 heavy (non-hydrogen) atoms. The first-order valence-corrected chi connectivity index (χ1v) is 17.1. The molecule has 0 atom stereocenters. The van der Waals surface area contributed by atoms with Crippen LogP contribution >= 0.6 is 23.2 Å². The van der Waals surface area contributed by atoms with Crippen LogP contribution in [0.25, 0.3) is 10.8 Å². The molecule has 0 saturated carbocycles. The molecule has 0 spiro atoms. The van der Waals surface area contributed by atoms with E-state index in [2.05, 4.69) is 15.2 Å². The van der Waals surface area contributed by atoms with Crippen LogP contribution in [0.4, 0.5) is 17.1 Å². The van der Waals surface area contributed by atoms with Crippen LogP contribution < -0.4 is 78.8 Å². The minimum absolute atomic E-state index is 0. The summed E-state index contributed by atoms with van der Waals surface area (Å²) in [6.07, 6.45) is 0. The molecule has 0 aliphatic heterocycles. The predicted octanol–water partition coefficient (Wildman–Crippen LogP) is 0.707. The molecular weight excluding hydrogens is 755 g/mol. The van der Waals surface area contributed by atoms with E-state index >= 15 is 0 Å². The third kappa shape index (κ3) is 9.76. The third-order valence-electron chi connectivity index (χ3n) is 6.62. The molecule has 0 fully saturated rings. The van der Waals surface area contributed by atoms with E-state index in [1.807, 2.05) is 19.1 Å². The number of hydrogen-bond donors (Lipinski definition) is 2. The first-order valence-electron chi connectivity index (χ1n) is 13.5. The minimum Gasteiger partial charge on any atom is -0.870 e. The Morgan fingerprint density at radius 1 is 0.780 bits per heavy atom. The van der Waals surface area contributed by atoms with Gasteiger partial charge in [0, 0.05) is 21.7 Å². The number of halogens is 2. The summed E-state index contributed by atoms with van der Waals surface area (Å²) in [4.78, 5) is 1.80. The van der Waals surface area contributed by atoms with Gasteiger partial charge in [0.05, 0.1) is 16.4 Å². The first kappa shape index (κ1) is 41.6. The van der Waals surface area contributed by atoms with Gasteiger partial charge < -0.3 is 19.7 Å². The van der Waals surface area contributed by atoms with Crippen molar-refractivity contribution in [1.82, 2.24) is 0 Å². The van der Waals surface area contributed by atoms with E-state index in [1.165, 1.54) is 24.3 Å². The molecule has 13 nitrogen and oxygen atoms in total. The molecule has 0 unspecified atom stereocenters. The molecule has 0 aliphatic rings. The molecule has 5 aromatic carbocycles. The van der Waals surface area contributed by atoms with Crippen molar-refractivity contribution in [3.8, 4) is 23.0 Å². The topological polar surface area (TPSA) is 210 Å². The minimum atomic E-state index is -5.26. The molecule has 19 heteroatoms. The van der Waals surface area contributed by atoms with E-state index in [0.717, 1.165) is 17.7 Å². The molecular formula is C31H21Cl2N3Na2O10S2. The average molecular weight is 777 g/mol. The Hall–Kier alpha value is -2.77. The zero-order valence-electron chi connectivity index (χ0n) is 26.4. The molecule has 0 bridgehead atoms. The number of aliphatic imine (C=N–C) groups is 1. The Morgan fingerprint density at radius 3 is 2.06 bits per heavy atom. The van der Waals surface area contributed by atoms with Gasteiger partial charge in [-0.15, -0.1) is 10.2 Å².